The zero-order valence-electron chi connectivity index (χ0n) is 14.8. The number of ether oxygens (including phenoxy) is 2. The third-order valence-electron chi connectivity index (χ3n) is 3.96. The SMILES string of the molecule is COc1ccc(NS(=O)(=O)c2cccc(-c3ccc(F)cc3)c2)cc1OC. The number of anilines is 1. The van der Waals surface area contributed by atoms with Gasteiger partial charge in [0.25, 0.3) is 10.0 Å². The van der Waals surface area contributed by atoms with Gasteiger partial charge in [-0.1, -0.05) is 24.3 Å². The van der Waals surface area contributed by atoms with E-state index in [1.54, 1.807) is 42.5 Å². The summed E-state index contributed by atoms with van der Waals surface area (Å²) in [6, 6.07) is 17.0. The number of hydrogen-bond donors (Lipinski definition) is 1. The molecule has 27 heavy (non-hydrogen) atoms. The van der Waals surface area contributed by atoms with Crippen molar-refractivity contribution in [2.24, 2.45) is 0 Å². The van der Waals surface area contributed by atoms with E-state index in [9.17, 15) is 12.8 Å². The number of halogens is 1. The average Bonchev–Trinajstić information content (AvgIpc) is 2.68. The molecule has 0 atom stereocenters. The van der Waals surface area contributed by atoms with Gasteiger partial charge in [-0.05, 0) is 47.5 Å². The van der Waals surface area contributed by atoms with Crippen LogP contribution in [0.1, 0.15) is 0 Å². The molecule has 5 nitrogen and oxygen atoms in total. The largest absolute Gasteiger partial charge is 0.493 e. The maximum absolute atomic E-state index is 13.1. The topological polar surface area (TPSA) is 64.6 Å². The molecule has 0 saturated heterocycles. The van der Waals surface area contributed by atoms with Crippen LogP contribution in [0.4, 0.5) is 10.1 Å². The minimum Gasteiger partial charge on any atom is -0.493 e. The highest BCUT2D eigenvalue weighted by Crippen LogP contribution is 2.31. The molecule has 0 spiro atoms. The Morgan fingerprint density at radius 3 is 2.19 bits per heavy atom. The van der Waals surface area contributed by atoms with Crippen LogP contribution in [0, 0.1) is 5.82 Å². The van der Waals surface area contributed by atoms with Crippen LogP contribution in [0.5, 0.6) is 11.5 Å². The number of hydrogen-bond acceptors (Lipinski definition) is 4. The van der Waals surface area contributed by atoms with Gasteiger partial charge in [-0.3, -0.25) is 4.72 Å². The van der Waals surface area contributed by atoms with Crippen molar-refractivity contribution in [3.63, 3.8) is 0 Å². The van der Waals surface area contributed by atoms with Crippen LogP contribution < -0.4 is 14.2 Å². The number of methoxy groups -OCH3 is 2. The lowest BCUT2D eigenvalue weighted by atomic mass is 10.1. The molecule has 0 aliphatic carbocycles. The summed E-state index contributed by atoms with van der Waals surface area (Å²) < 4.78 is 51.5. The van der Waals surface area contributed by atoms with E-state index in [0.717, 1.165) is 5.56 Å². The highest BCUT2D eigenvalue weighted by molar-refractivity contribution is 7.92. The Balaban J connectivity index is 1.91. The van der Waals surface area contributed by atoms with Crippen molar-refractivity contribution >= 4 is 15.7 Å². The first-order valence-corrected chi connectivity index (χ1v) is 9.52. The van der Waals surface area contributed by atoms with Crippen molar-refractivity contribution in [2.75, 3.05) is 18.9 Å². The van der Waals surface area contributed by atoms with E-state index in [2.05, 4.69) is 4.72 Å². The van der Waals surface area contributed by atoms with E-state index in [0.29, 0.717) is 22.7 Å². The molecule has 3 aromatic rings. The zero-order chi connectivity index (χ0) is 19.4. The van der Waals surface area contributed by atoms with E-state index >= 15 is 0 Å². The predicted octanol–water partition coefficient (Wildman–Crippen LogP) is 4.31. The maximum atomic E-state index is 13.1. The molecule has 0 radical (unpaired) electrons. The smallest absolute Gasteiger partial charge is 0.261 e. The molecule has 0 bridgehead atoms. The Kier molecular flexibility index (Phi) is 5.32. The Bertz CT molecular complexity index is 1050. The van der Waals surface area contributed by atoms with E-state index < -0.39 is 10.0 Å². The standard InChI is InChI=1S/C20H18FNO4S/c1-25-19-11-10-17(13-20(19)26-2)22-27(23,24)18-5-3-4-15(12-18)14-6-8-16(21)9-7-14/h3-13,22H,1-2H3. The summed E-state index contributed by atoms with van der Waals surface area (Å²) in [7, 11) is -0.840. The Morgan fingerprint density at radius 2 is 1.52 bits per heavy atom. The zero-order valence-corrected chi connectivity index (χ0v) is 15.6. The molecule has 0 aliphatic heterocycles. The van der Waals surface area contributed by atoms with Crippen molar-refractivity contribution in [3.8, 4) is 22.6 Å². The van der Waals surface area contributed by atoms with Gasteiger partial charge in [0.15, 0.2) is 11.5 Å². The van der Waals surface area contributed by atoms with Gasteiger partial charge in [0.2, 0.25) is 0 Å². The Morgan fingerprint density at radius 1 is 0.815 bits per heavy atom. The van der Waals surface area contributed by atoms with E-state index in [4.69, 9.17) is 9.47 Å². The van der Waals surface area contributed by atoms with Gasteiger partial charge >= 0.3 is 0 Å². The summed E-state index contributed by atoms with van der Waals surface area (Å²) in [5.41, 5.74) is 1.74. The minimum absolute atomic E-state index is 0.0964. The summed E-state index contributed by atoms with van der Waals surface area (Å²) in [6.07, 6.45) is 0. The lowest BCUT2D eigenvalue weighted by molar-refractivity contribution is 0.355. The quantitative estimate of drug-likeness (QED) is 0.685. The number of sulfonamides is 1. The van der Waals surface area contributed by atoms with E-state index in [-0.39, 0.29) is 10.7 Å². The number of rotatable bonds is 6. The van der Waals surface area contributed by atoms with E-state index in [1.165, 1.54) is 38.5 Å². The van der Waals surface area contributed by atoms with Crippen molar-refractivity contribution in [2.45, 2.75) is 4.90 Å². The summed E-state index contributed by atoms with van der Waals surface area (Å²) in [5.74, 6) is 0.564. The fourth-order valence-corrected chi connectivity index (χ4v) is 3.69. The van der Waals surface area contributed by atoms with Crippen LogP contribution in [-0.2, 0) is 10.0 Å². The normalized spacial score (nSPS) is 11.1. The van der Waals surface area contributed by atoms with Crippen molar-refractivity contribution in [1.29, 1.82) is 0 Å². The fraction of sp³-hybridized carbons (Fsp3) is 0.100. The highest BCUT2D eigenvalue weighted by atomic mass is 32.2. The molecule has 7 heteroatoms. The molecule has 140 valence electrons. The summed E-state index contributed by atoms with van der Waals surface area (Å²) in [4.78, 5) is 0.0964. The molecule has 0 unspecified atom stereocenters. The molecule has 3 aromatic carbocycles. The van der Waals surface area contributed by atoms with Crippen LogP contribution in [0.3, 0.4) is 0 Å². The van der Waals surface area contributed by atoms with Crippen LogP contribution in [0.25, 0.3) is 11.1 Å². The first-order chi connectivity index (χ1) is 12.9. The monoisotopic (exact) mass is 387 g/mol. The minimum atomic E-state index is -3.82. The second-order valence-corrected chi connectivity index (χ2v) is 7.39. The predicted molar refractivity (Wildman–Crippen MR) is 102 cm³/mol. The van der Waals surface area contributed by atoms with Gasteiger partial charge < -0.3 is 9.47 Å². The first kappa shape index (κ1) is 18.7. The number of benzene rings is 3. The molecule has 3 rings (SSSR count). The highest BCUT2D eigenvalue weighted by Gasteiger charge is 2.16. The van der Waals surface area contributed by atoms with Crippen molar-refractivity contribution < 1.29 is 22.3 Å². The van der Waals surface area contributed by atoms with Gasteiger partial charge in [-0.25, -0.2) is 12.8 Å². The van der Waals surface area contributed by atoms with Gasteiger partial charge in [0.1, 0.15) is 5.82 Å². The number of nitrogens with one attached hydrogen (secondary N) is 1. The molecular weight excluding hydrogens is 369 g/mol. The Hall–Kier alpha value is -3.06. The lowest BCUT2D eigenvalue weighted by Gasteiger charge is -2.12. The summed E-state index contributed by atoms with van der Waals surface area (Å²) in [6.45, 7) is 0. The molecule has 0 aliphatic rings. The third-order valence-corrected chi connectivity index (χ3v) is 5.34. The van der Waals surface area contributed by atoms with Crippen molar-refractivity contribution in [3.05, 3.63) is 72.5 Å². The van der Waals surface area contributed by atoms with Crippen molar-refractivity contribution in [1.82, 2.24) is 0 Å². The maximum Gasteiger partial charge on any atom is 0.261 e. The second-order valence-electron chi connectivity index (χ2n) is 5.71. The summed E-state index contributed by atoms with van der Waals surface area (Å²) in [5, 5.41) is 0. The van der Waals surface area contributed by atoms with E-state index in [1.807, 2.05) is 0 Å². The average molecular weight is 387 g/mol. The van der Waals surface area contributed by atoms with Crippen LogP contribution in [-0.4, -0.2) is 22.6 Å². The third kappa shape index (κ3) is 4.20. The van der Waals surface area contributed by atoms with Gasteiger partial charge in [-0.15, -0.1) is 0 Å². The molecule has 1 N–H and O–H groups in total. The van der Waals surface area contributed by atoms with Gasteiger partial charge in [-0.2, -0.15) is 0 Å². The molecule has 0 heterocycles. The molecule has 0 amide bonds. The first-order valence-electron chi connectivity index (χ1n) is 8.04. The summed E-state index contributed by atoms with van der Waals surface area (Å²) >= 11 is 0. The fourth-order valence-electron chi connectivity index (χ4n) is 2.60. The second kappa shape index (κ2) is 7.67. The molecule has 0 saturated carbocycles. The van der Waals surface area contributed by atoms with Crippen LogP contribution in [0.15, 0.2) is 71.6 Å². The lowest BCUT2D eigenvalue weighted by Crippen LogP contribution is -2.13. The molecule has 0 aromatic heterocycles. The Labute approximate surface area is 157 Å². The van der Waals surface area contributed by atoms with Gasteiger partial charge in [0.05, 0.1) is 24.8 Å². The van der Waals surface area contributed by atoms with Crippen LogP contribution >= 0.6 is 0 Å². The molecule has 0 fully saturated rings. The van der Waals surface area contributed by atoms with Crippen LogP contribution in [0.2, 0.25) is 0 Å². The van der Waals surface area contributed by atoms with Gasteiger partial charge in [0, 0.05) is 6.07 Å². The molecular formula is C20H18FNO4S.